The van der Waals surface area contributed by atoms with Crippen LogP contribution in [0.4, 0.5) is 10.1 Å². The first kappa shape index (κ1) is 21.5. The molecule has 170 valence electrons. The number of amides is 2. The van der Waals surface area contributed by atoms with E-state index in [4.69, 9.17) is 10.2 Å². The number of benzene rings is 1. The van der Waals surface area contributed by atoms with E-state index in [1.165, 1.54) is 23.6 Å². The fourth-order valence-corrected chi connectivity index (χ4v) is 4.21. The van der Waals surface area contributed by atoms with Crippen molar-refractivity contribution < 1.29 is 18.4 Å². The molecule has 2 amide bonds. The lowest BCUT2D eigenvalue weighted by atomic mass is 10.0. The summed E-state index contributed by atoms with van der Waals surface area (Å²) < 4.78 is 20.0. The first-order chi connectivity index (χ1) is 16.5. The zero-order valence-electron chi connectivity index (χ0n) is 17.6. The lowest BCUT2D eigenvalue weighted by Crippen LogP contribution is -2.14. The lowest BCUT2D eigenvalue weighted by Gasteiger charge is -2.09. The van der Waals surface area contributed by atoms with E-state index < -0.39 is 17.8 Å². The molecule has 0 bridgehead atoms. The number of pyridine rings is 1. The van der Waals surface area contributed by atoms with E-state index in [2.05, 4.69) is 20.4 Å². The first-order valence-corrected chi connectivity index (χ1v) is 11.0. The maximum absolute atomic E-state index is 13.1. The van der Waals surface area contributed by atoms with Gasteiger partial charge in [0.05, 0.1) is 18.0 Å². The molecule has 0 aliphatic carbocycles. The van der Waals surface area contributed by atoms with Crippen molar-refractivity contribution in [3.63, 3.8) is 0 Å². The summed E-state index contributed by atoms with van der Waals surface area (Å²) in [7, 11) is 0. The molecule has 0 spiro atoms. The molecule has 34 heavy (non-hydrogen) atoms. The number of halogens is 1. The monoisotopic (exact) mass is 476 g/mol. The number of aryl methyl sites for hydroxylation is 1. The van der Waals surface area contributed by atoms with Crippen LogP contribution in [-0.4, -0.2) is 31.6 Å². The molecule has 0 radical (unpaired) electrons. The summed E-state index contributed by atoms with van der Waals surface area (Å²) in [4.78, 5) is 32.1. The van der Waals surface area contributed by atoms with Crippen molar-refractivity contribution in [2.75, 3.05) is 5.32 Å². The van der Waals surface area contributed by atoms with E-state index in [-0.39, 0.29) is 12.1 Å². The minimum atomic E-state index is -0.585. The Morgan fingerprint density at radius 3 is 2.82 bits per heavy atom. The summed E-state index contributed by atoms with van der Waals surface area (Å²) in [6.07, 6.45) is 6.44. The summed E-state index contributed by atoms with van der Waals surface area (Å²) in [5.41, 5.74) is 8.80. The van der Waals surface area contributed by atoms with Crippen molar-refractivity contribution in [2.45, 2.75) is 13.0 Å². The summed E-state index contributed by atoms with van der Waals surface area (Å²) >= 11 is 1.26. The van der Waals surface area contributed by atoms with Crippen molar-refractivity contribution in [1.82, 2.24) is 19.7 Å². The number of carbonyl (C=O) groups excluding carboxylic acids is 2. The normalized spacial score (nSPS) is 11.1. The smallest absolute Gasteiger partial charge is 0.275 e. The van der Waals surface area contributed by atoms with Gasteiger partial charge in [-0.3, -0.25) is 14.3 Å². The molecule has 1 aromatic carbocycles. The number of rotatable bonds is 7. The second kappa shape index (κ2) is 8.87. The Labute approximate surface area is 196 Å². The van der Waals surface area contributed by atoms with Gasteiger partial charge in [0.25, 0.3) is 5.91 Å². The number of nitrogens with zero attached hydrogens (tertiary/aromatic N) is 4. The topological polar surface area (TPSA) is 129 Å². The summed E-state index contributed by atoms with van der Waals surface area (Å²) in [5.74, 6) is -1.40. The molecule has 0 fully saturated rings. The van der Waals surface area contributed by atoms with Crippen LogP contribution in [0.1, 0.15) is 16.9 Å². The van der Waals surface area contributed by atoms with Crippen LogP contribution in [0.3, 0.4) is 0 Å². The van der Waals surface area contributed by atoms with Gasteiger partial charge < -0.3 is 15.5 Å². The minimum absolute atomic E-state index is 0.169. The van der Waals surface area contributed by atoms with Gasteiger partial charge in [-0.1, -0.05) is 0 Å². The highest BCUT2D eigenvalue weighted by molar-refractivity contribution is 7.13. The number of thiazole rings is 1. The van der Waals surface area contributed by atoms with Gasteiger partial charge in [0.1, 0.15) is 10.7 Å². The number of hydrogen-bond donors (Lipinski definition) is 2. The van der Waals surface area contributed by atoms with Crippen molar-refractivity contribution in [3.05, 3.63) is 72.3 Å². The molecule has 5 rings (SSSR count). The highest BCUT2D eigenvalue weighted by Crippen LogP contribution is 2.33. The number of aromatic nitrogens is 4. The van der Waals surface area contributed by atoms with Crippen LogP contribution >= 0.6 is 11.3 Å². The van der Waals surface area contributed by atoms with Crippen LogP contribution in [0.2, 0.25) is 0 Å². The molecule has 0 atom stereocenters. The molecule has 0 aliphatic heterocycles. The highest BCUT2D eigenvalue weighted by Gasteiger charge is 2.17. The van der Waals surface area contributed by atoms with Gasteiger partial charge in [-0.25, -0.2) is 9.97 Å². The molecule has 0 saturated heterocycles. The Morgan fingerprint density at radius 2 is 2.09 bits per heavy atom. The summed E-state index contributed by atoms with van der Waals surface area (Å²) in [5, 5.41) is 10.4. The Morgan fingerprint density at radius 1 is 1.21 bits per heavy atom. The van der Waals surface area contributed by atoms with Crippen LogP contribution in [-0.2, 0) is 11.3 Å². The largest absolute Gasteiger partial charge is 0.472 e. The van der Waals surface area contributed by atoms with Crippen LogP contribution in [0.15, 0.2) is 65.0 Å². The van der Waals surface area contributed by atoms with Gasteiger partial charge in [0.2, 0.25) is 11.9 Å². The zero-order chi connectivity index (χ0) is 23.7. The van der Waals surface area contributed by atoms with Crippen LogP contribution in [0, 0.1) is 5.95 Å². The number of primary amides is 1. The molecule has 5 aromatic rings. The van der Waals surface area contributed by atoms with Gasteiger partial charge in [-0.2, -0.15) is 9.49 Å². The van der Waals surface area contributed by atoms with Crippen LogP contribution in [0.25, 0.3) is 32.6 Å². The SMILES string of the molecule is NC(=O)CCn1cc2cc(NC(=O)c3csc(-c4ccc(F)nc4)n3)c(-c3ccoc3)cc2n1. The van der Waals surface area contributed by atoms with Crippen LogP contribution < -0.4 is 11.1 Å². The summed E-state index contributed by atoms with van der Waals surface area (Å²) in [6, 6.07) is 8.23. The molecule has 4 heterocycles. The quantitative estimate of drug-likeness (QED) is 0.341. The maximum Gasteiger partial charge on any atom is 0.275 e. The van der Waals surface area contributed by atoms with Gasteiger partial charge in [-0.15, -0.1) is 11.3 Å². The molecule has 11 heteroatoms. The second-order valence-corrected chi connectivity index (χ2v) is 8.30. The van der Waals surface area contributed by atoms with E-state index in [9.17, 15) is 14.0 Å². The number of fused-ring (bicyclic) bond motifs is 1. The predicted octanol–water partition coefficient (Wildman–Crippen LogP) is 4.08. The van der Waals surface area contributed by atoms with E-state index in [1.807, 2.05) is 6.07 Å². The number of nitrogens with two attached hydrogens (primary N) is 1. The fraction of sp³-hybridized carbons (Fsp3) is 0.0870. The Kier molecular flexibility index (Phi) is 5.60. The van der Waals surface area contributed by atoms with E-state index in [0.717, 1.165) is 10.9 Å². The number of carbonyl (C=O) groups is 2. The van der Waals surface area contributed by atoms with E-state index in [0.29, 0.717) is 33.9 Å². The Bertz CT molecular complexity index is 1490. The van der Waals surface area contributed by atoms with Gasteiger partial charge in [-0.05, 0) is 30.3 Å². The average Bonchev–Trinajstić information content (AvgIpc) is 3.58. The molecular formula is C23H17FN6O3S. The standard InChI is InChI=1S/C23H17FN6O3S/c24-20-2-1-13(9-26-20)23-28-19(12-34-23)22(32)27-18-7-15-10-30(5-3-21(25)31)29-17(15)8-16(18)14-4-6-33-11-14/h1-2,4,6-12H,3,5H2,(H2,25,31)(H,27,32). The number of furan rings is 1. The summed E-state index contributed by atoms with van der Waals surface area (Å²) in [6.45, 7) is 0.354. The second-order valence-electron chi connectivity index (χ2n) is 7.44. The molecule has 0 saturated carbocycles. The zero-order valence-corrected chi connectivity index (χ0v) is 18.4. The third kappa shape index (κ3) is 4.41. The van der Waals surface area contributed by atoms with E-state index >= 15 is 0 Å². The minimum Gasteiger partial charge on any atom is -0.472 e. The maximum atomic E-state index is 13.1. The fourth-order valence-electron chi connectivity index (χ4n) is 3.42. The predicted molar refractivity (Wildman–Crippen MR) is 125 cm³/mol. The third-order valence-corrected chi connectivity index (χ3v) is 5.96. The van der Waals surface area contributed by atoms with Crippen molar-refractivity contribution in [2.24, 2.45) is 5.73 Å². The van der Waals surface area contributed by atoms with Crippen molar-refractivity contribution in [3.8, 4) is 21.7 Å². The molecular weight excluding hydrogens is 459 g/mol. The molecule has 4 aromatic heterocycles. The third-order valence-electron chi connectivity index (χ3n) is 5.07. The Hall–Kier alpha value is -4.38. The lowest BCUT2D eigenvalue weighted by molar-refractivity contribution is -0.118. The van der Waals surface area contributed by atoms with Gasteiger partial charge in [0, 0.05) is 58.5 Å². The van der Waals surface area contributed by atoms with Crippen molar-refractivity contribution >= 4 is 39.7 Å². The molecule has 0 aliphatic rings. The van der Waals surface area contributed by atoms with Crippen LogP contribution in [0.5, 0.6) is 0 Å². The number of nitrogens with one attached hydrogen (secondary N) is 1. The number of anilines is 1. The molecule has 9 nitrogen and oxygen atoms in total. The van der Waals surface area contributed by atoms with E-state index in [1.54, 1.807) is 47.0 Å². The van der Waals surface area contributed by atoms with Gasteiger partial charge >= 0.3 is 0 Å². The first-order valence-electron chi connectivity index (χ1n) is 10.2. The Balaban J connectivity index is 1.46. The van der Waals surface area contributed by atoms with Crippen molar-refractivity contribution in [1.29, 1.82) is 0 Å². The van der Waals surface area contributed by atoms with Gasteiger partial charge in [0.15, 0.2) is 0 Å². The average molecular weight is 476 g/mol. The highest BCUT2D eigenvalue weighted by atomic mass is 32.1. The number of hydrogen-bond acceptors (Lipinski definition) is 7. The molecule has 0 unspecified atom stereocenters. The molecule has 3 N–H and O–H groups in total.